The van der Waals surface area contributed by atoms with Gasteiger partial charge >= 0.3 is 0 Å². The van der Waals surface area contributed by atoms with E-state index >= 15 is 0 Å². The van der Waals surface area contributed by atoms with Crippen molar-refractivity contribution in [2.75, 3.05) is 20.1 Å². The molecule has 0 saturated carbocycles. The minimum Gasteiger partial charge on any atom is -0.330 e. The zero-order valence-corrected chi connectivity index (χ0v) is 9.32. The predicted octanol–water partition coefficient (Wildman–Crippen LogP) is 1.35. The maximum Gasteiger partial charge on any atom is 0.0464 e. The molecule has 0 radical (unpaired) electrons. The Morgan fingerprint density at radius 1 is 1.60 bits per heavy atom. The van der Waals surface area contributed by atoms with Gasteiger partial charge in [0, 0.05) is 30.9 Å². The van der Waals surface area contributed by atoms with Crippen molar-refractivity contribution in [3.8, 4) is 0 Å². The summed E-state index contributed by atoms with van der Waals surface area (Å²) in [4.78, 5) is 6.87. The minimum atomic E-state index is 0.519. The number of likely N-dealkylation sites (N-methyl/N-ethyl adjacent to an activating group) is 1. The molecule has 0 bridgehead atoms. The molecule has 2 rings (SSSR count). The molecule has 3 nitrogen and oxygen atoms in total. The minimum absolute atomic E-state index is 0.519. The molecular formula is C12H19N3. The second kappa shape index (κ2) is 4.73. The van der Waals surface area contributed by atoms with Gasteiger partial charge in [0.15, 0.2) is 0 Å². The van der Waals surface area contributed by atoms with E-state index in [0.29, 0.717) is 6.04 Å². The van der Waals surface area contributed by atoms with Crippen LogP contribution in [-0.2, 0) is 6.42 Å². The largest absolute Gasteiger partial charge is 0.330 e. The molecule has 1 aliphatic rings. The normalized spacial score (nSPS) is 21.3. The smallest absolute Gasteiger partial charge is 0.0464 e. The number of fused-ring (bicyclic) bond motifs is 1. The fraction of sp³-hybridized carbons (Fsp3) is 0.583. The molecule has 2 N–H and O–H groups in total. The van der Waals surface area contributed by atoms with Crippen LogP contribution in [0.4, 0.5) is 0 Å². The SMILES string of the molecule is CN1CCc2ncccc2C1CCCN. The Morgan fingerprint density at radius 2 is 2.47 bits per heavy atom. The Morgan fingerprint density at radius 3 is 3.27 bits per heavy atom. The Kier molecular flexibility index (Phi) is 3.34. The van der Waals surface area contributed by atoms with Crippen molar-refractivity contribution in [3.05, 3.63) is 29.6 Å². The van der Waals surface area contributed by atoms with Gasteiger partial charge in [0.1, 0.15) is 0 Å². The molecule has 0 aliphatic carbocycles. The van der Waals surface area contributed by atoms with Crippen LogP contribution in [0.2, 0.25) is 0 Å². The Balaban J connectivity index is 2.21. The van der Waals surface area contributed by atoms with Crippen molar-refractivity contribution in [1.29, 1.82) is 0 Å². The fourth-order valence-corrected chi connectivity index (χ4v) is 2.33. The Hall–Kier alpha value is -0.930. The van der Waals surface area contributed by atoms with Gasteiger partial charge in [-0.25, -0.2) is 0 Å². The molecule has 2 heterocycles. The van der Waals surface area contributed by atoms with E-state index in [1.807, 2.05) is 12.3 Å². The van der Waals surface area contributed by atoms with Gasteiger partial charge in [0.25, 0.3) is 0 Å². The van der Waals surface area contributed by atoms with Gasteiger partial charge in [-0.1, -0.05) is 6.07 Å². The Bertz CT molecular complexity index is 324. The number of pyridine rings is 1. The van der Waals surface area contributed by atoms with Crippen molar-refractivity contribution >= 4 is 0 Å². The van der Waals surface area contributed by atoms with E-state index in [1.165, 1.54) is 11.3 Å². The van der Waals surface area contributed by atoms with Gasteiger partial charge in [0.05, 0.1) is 0 Å². The molecular weight excluding hydrogens is 186 g/mol. The maximum absolute atomic E-state index is 5.58. The highest BCUT2D eigenvalue weighted by Gasteiger charge is 2.24. The first-order valence-corrected chi connectivity index (χ1v) is 5.67. The van der Waals surface area contributed by atoms with E-state index in [2.05, 4.69) is 23.0 Å². The molecule has 0 saturated heterocycles. The summed E-state index contributed by atoms with van der Waals surface area (Å²) < 4.78 is 0. The van der Waals surface area contributed by atoms with Gasteiger partial charge in [-0.2, -0.15) is 0 Å². The molecule has 1 unspecified atom stereocenters. The topological polar surface area (TPSA) is 42.2 Å². The van der Waals surface area contributed by atoms with Gasteiger partial charge in [0.2, 0.25) is 0 Å². The van der Waals surface area contributed by atoms with E-state index in [-0.39, 0.29) is 0 Å². The standard InChI is InChI=1S/C12H19N3/c1-15-9-6-11-10(4-3-8-14-11)12(15)5-2-7-13/h3-4,8,12H,2,5-7,9,13H2,1H3. The average molecular weight is 205 g/mol. The zero-order chi connectivity index (χ0) is 10.7. The number of aromatic nitrogens is 1. The van der Waals surface area contributed by atoms with E-state index < -0.39 is 0 Å². The van der Waals surface area contributed by atoms with E-state index in [0.717, 1.165) is 32.4 Å². The van der Waals surface area contributed by atoms with Crippen LogP contribution in [0.3, 0.4) is 0 Å². The number of nitrogens with zero attached hydrogens (tertiary/aromatic N) is 2. The fourth-order valence-electron chi connectivity index (χ4n) is 2.33. The van der Waals surface area contributed by atoms with Crippen LogP contribution in [-0.4, -0.2) is 30.0 Å². The highest BCUT2D eigenvalue weighted by Crippen LogP contribution is 2.30. The lowest BCUT2D eigenvalue weighted by atomic mass is 9.94. The van der Waals surface area contributed by atoms with Crippen LogP contribution in [0.5, 0.6) is 0 Å². The van der Waals surface area contributed by atoms with E-state index in [4.69, 9.17) is 5.73 Å². The molecule has 0 spiro atoms. The van der Waals surface area contributed by atoms with Crippen LogP contribution in [0, 0.1) is 0 Å². The molecule has 82 valence electrons. The van der Waals surface area contributed by atoms with Crippen LogP contribution < -0.4 is 5.73 Å². The third kappa shape index (κ3) is 2.19. The molecule has 1 aromatic heterocycles. The Labute approximate surface area is 91.3 Å². The molecule has 1 aliphatic heterocycles. The number of hydrogen-bond donors (Lipinski definition) is 1. The van der Waals surface area contributed by atoms with Crippen molar-refractivity contribution in [2.45, 2.75) is 25.3 Å². The molecule has 3 heteroatoms. The van der Waals surface area contributed by atoms with Gasteiger partial charge in [-0.15, -0.1) is 0 Å². The lowest BCUT2D eigenvalue weighted by Crippen LogP contribution is -2.33. The van der Waals surface area contributed by atoms with Crippen LogP contribution in [0.15, 0.2) is 18.3 Å². The number of rotatable bonds is 3. The summed E-state index contributed by atoms with van der Waals surface area (Å²) in [6.45, 7) is 1.89. The second-order valence-electron chi connectivity index (χ2n) is 4.22. The second-order valence-corrected chi connectivity index (χ2v) is 4.22. The summed E-state index contributed by atoms with van der Waals surface area (Å²) in [5, 5.41) is 0. The van der Waals surface area contributed by atoms with Crippen LogP contribution in [0.1, 0.15) is 30.1 Å². The molecule has 0 aromatic carbocycles. The highest BCUT2D eigenvalue weighted by molar-refractivity contribution is 5.26. The third-order valence-electron chi connectivity index (χ3n) is 3.20. The van der Waals surface area contributed by atoms with Gasteiger partial charge < -0.3 is 5.73 Å². The van der Waals surface area contributed by atoms with E-state index in [1.54, 1.807) is 0 Å². The van der Waals surface area contributed by atoms with Crippen LogP contribution in [0.25, 0.3) is 0 Å². The molecule has 1 aromatic rings. The quantitative estimate of drug-likeness (QED) is 0.810. The van der Waals surface area contributed by atoms with Crippen molar-refractivity contribution in [3.63, 3.8) is 0 Å². The number of nitrogens with two attached hydrogens (primary N) is 1. The van der Waals surface area contributed by atoms with Crippen molar-refractivity contribution in [1.82, 2.24) is 9.88 Å². The predicted molar refractivity (Wildman–Crippen MR) is 61.6 cm³/mol. The molecule has 0 amide bonds. The van der Waals surface area contributed by atoms with Crippen LogP contribution >= 0.6 is 0 Å². The maximum atomic E-state index is 5.58. The summed E-state index contributed by atoms with van der Waals surface area (Å²) in [6.07, 6.45) is 5.20. The molecule has 1 atom stereocenters. The monoisotopic (exact) mass is 205 g/mol. The first-order chi connectivity index (χ1) is 7.33. The summed E-state index contributed by atoms with van der Waals surface area (Å²) in [7, 11) is 2.19. The lowest BCUT2D eigenvalue weighted by molar-refractivity contribution is 0.215. The molecule has 0 fully saturated rings. The van der Waals surface area contributed by atoms with Crippen molar-refractivity contribution < 1.29 is 0 Å². The summed E-state index contributed by atoms with van der Waals surface area (Å²) in [5.41, 5.74) is 8.26. The summed E-state index contributed by atoms with van der Waals surface area (Å²) >= 11 is 0. The summed E-state index contributed by atoms with van der Waals surface area (Å²) in [5.74, 6) is 0. The van der Waals surface area contributed by atoms with E-state index in [9.17, 15) is 0 Å². The lowest BCUT2D eigenvalue weighted by Gasteiger charge is -2.33. The first kappa shape index (κ1) is 10.6. The van der Waals surface area contributed by atoms with Crippen molar-refractivity contribution in [2.24, 2.45) is 5.73 Å². The summed E-state index contributed by atoms with van der Waals surface area (Å²) in [6, 6.07) is 4.76. The highest BCUT2D eigenvalue weighted by atomic mass is 15.1. The number of hydrogen-bond acceptors (Lipinski definition) is 3. The van der Waals surface area contributed by atoms with Gasteiger partial charge in [-0.3, -0.25) is 9.88 Å². The zero-order valence-electron chi connectivity index (χ0n) is 9.32. The third-order valence-corrected chi connectivity index (χ3v) is 3.20. The molecule has 15 heavy (non-hydrogen) atoms. The average Bonchev–Trinajstić information content (AvgIpc) is 2.28. The van der Waals surface area contributed by atoms with Gasteiger partial charge in [-0.05, 0) is 38.1 Å². The first-order valence-electron chi connectivity index (χ1n) is 5.67.